The number of rotatable bonds is 7. The Bertz CT molecular complexity index is 2200. The molecule has 0 fully saturated rings. The third-order valence-corrected chi connectivity index (χ3v) is 8.90. The van der Waals surface area contributed by atoms with Gasteiger partial charge in [0, 0.05) is 32.1 Å². The number of hydrogen-bond acceptors (Lipinski definition) is 5. The number of pyridine rings is 1. The minimum absolute atomic E-state index is 0.214. The van der Waals surface area contributed by atoms with Crippen LogP contribution >= 0.6 is 15.9 Å². The lowest BCUT2D eigenvalue weighted by Crippen LogP contribution is -2.36. The number of benzene rings is 5. The number of nitrogens with one attached hydrogen (secondary N) is 1. The summed E-state index contributed by atoms with van der Waals surface area (Å²) in [7, 11) is 1.58. The number of carbonyl (C=O) groups excluding carboxylic acids is 2. The van der Waals surface area contributed by atoms with Crippen molar-refractivity contribution in [2.45, 2.75) is 6.04 Å². The van der Waals surface area contributed by atoms with Crippen LogP contribution in [0.15, 0.2) is 148 Å². The molecule has 47 heavy (non-hydrogen) atoms. The summed E-state index contributed by atoms with van der Waals surface area (Å²) in [4.78, 5) is 46.4. The zero-order valence-electron chi connectivity index (χ0n) is 25.3. The summed E-state index contributed by atoms with van der Waals surface area (Å²) >= 11 is 3.60. The van der Waals surface area contributed by atoms with E-state index < -0.39 is 23.4 Å². The SMILES string of the molecule is COc1ccc([C@@H]2[C@H](C(=O)c3ccccc3)C(c3c(-c4ccccc4)c4cc(Br)ccc4[nH]c3=O)=NN2C(=O)c2ccccc2)cc1. The van der Waals surface area contributed by atoms with Gasteiger partial charge in [-0.1, -0.05) is 107 Å². The van der Waals surface area contributed by atoms with Gasteiger partial charge < -0.3 is 9.72 Å². The molecule has 0 unspecified atom stereocenters. The maximum atomic E-state index is 14.8. The monoisotopic (exact) mass is 681 g/mol. The maximum absolute atomic E-state index is 14.8. The molecular weight excluding hydrogens is 654 g/mol. The predicted octanol–water partition coefficient (Wildman–Crippen LogP) is 8.07. The van der Waals surface area contributed by atoms with Crippen molar-refractivity contribution in [3.63, 3.8) is 0 Å². The van der Waals surface area contributed by atoms with Gasteiger partial charge in [-0.25, -0.2) is 5.01 Å². The minimum atomic E-state index is -1.02. The van der Waals surface area contributed by atoms with Gasteiger partial charge in [-0.15, -0.1) is 0 Å². The Kier molecular flexibility index (Phi) is 8.10. The molecule has 1 N–H and O–H groups in total. The number of ether oxygens (including phenoxy) is 1. The van der Waals surface area contributed by atoms with E-state index in [9.17, 15) is 14.4 Å². The van der Waals surface area contributed by atoms with Crippen LogP contribution in [-0.4, -0.2) is 34.5 Å². The Labute approximate surface area is 279 Å². The first-order valence-electron chi connectivity index (χ1n) is 15.1. The van der Waals surface area contributed by atoms with Crippen molar-refractivity contribution in [2.24, 2.45) is 11.0 Å². The zero-order chi connectivity index (χ0) is 32.5. The van der Waals surface area contributed by atoms with E-state index in [2.05, 4.69) is 20.9 Å². The van der Waals surface area contributed by atoms with Crippen molar-refractivity contribution in [3.05, 3.63) is 171 Å². The van der Waals surface area contributed by atoms with E-state index >= 15 is 0 Å². The number of Topliss-reactive ketones (excluding diaryl/α,β-unsaturated/α-hetero) is 1. The number of amides is 1. The van der Waals surface area contributed by atoms with Gasteiger partial charge in [-0.3, -0.25) is 14.4 Å². The van der Waals surface area contributed by atoms with Crippen LogP contribution in [-0.2, 0) is 0 Å². The van der Waals surface area contributed by atoms with E-state index in [0.29, 0.717) is 33.5 Å². The van der Waals surface area contributed by atoms with Crippen molar-refractivity contribution in [1.29, 1.82) is 0 Å². The summed E-state index contributed by atoms with van der Waals surface area (Å²) < 4.78 is 6.24. The lowest BCUT2D eigenvalue weighted by Gasteiger charge is -2.27. The standard InChI is InChI=1S/C39H28BrN3O4/c1-47-29-20-17-25(18-21-29)36-34(37(44)26-13-7-3-8-14-26)35(42-43(36)39(46)27-15-9-4-10-16-27)33-32(24-11-5-2-6-12-24)30-23-28(40)19-22-31(30)41-38(33)45/h2-23,34,36H,1H3,(H,41,45)/t34-,36-/m1/s1. The van der Waals surface area contributed by atoms with E-state index in [1.54, 1.807) is 67.8 Å². The second-order valence-corrected chi connectivity index (χ2v) is 12.1. The van der Waals surface area contributed by atoms with Gasteiger partial charge >= 0.3 is 0 Å². The Morgan fingerprint density at radius 2 is 1.38 bits per heavy atom. The normalized spacial score (nSPS) is 15.8. The Morgan fingerprint density at radius 1 is 0.766 bits per heavy atom. The van der Waals surface area contributed by atoms with Gasteiger partial charge in [0.15, 0.2) is 5.78 Å². The number of methoxy groups -OCH3 is 1. The fraction of sp³-hybridized carbons (Fsp3) is 0.0769. The first-order chi connectivity index (χ1) is 22.9. The van der Waals surface area contributed by atoms with E-state index in [1.807, 2.05) is 72.8 Å². The van der Waals surface area contributed by atoms with Crippen molar-refractivity contribution in [3.8, 4) is 16.9 Å². The summed E-state index contributed by atoms with van der Waals surface area (Å²) in [6.45, 7) is 0. The summed E-state index contributed by atoms with van der Waals surface area (Å²) in [6.07, 6.45) is 0. The highest BCUT2D eigenvalue weighted by Gasteiger charge is 2.47. The number of nitrogens with zero attached hydrogens (tertiary/aromatic N) is 2. The van der Waals surface area contributed by atoms with Gasteiger partial charge in [-0.2, -0.15) is 5.10 Å². The quantitative estimate of drug-likeness (QED) is 0.173. The van der Waals surface area contributed by atoms with E-state index in [1.165, 1.54) is 5.01 Å². The molecule has 0 radical (unpaired) electrons. The van der Waals surface area contributed by atoms with Crippen molar-refractivity contribution >= 4 is 44.2 Å². The summed E-state index contributed by atoms with van der Waals surface area (Å²) in [5, 5.41) is 7.08. The largest absolute Gasteiger partial charge is 0.497 e. The molecule has 230 valence electrons. The van der Waals surface area contributed by atoms with E-state index in [4.69, 9.17) is 9.84 Å². The molecule has 1 aliphatic rings. The molecular formula is C39H28BrN3O4. The second-order valence-electron chi connectivity index (χ2n) is 11.2. The van der Waals surface area contributed by atoms with Gasteiger partial charge in [0.05, 0.1) is 30.3 Å². The summed E-state index contributed by atoms with van der Waals surface area (Å²) in [5.41, 5.74) is 3.59. The highest BCUT2D eigenvalue weighted by molar-refractivity contribution is 9.10. The lowest BCUT2D eigenvalue weighted by molar-refractivity contribution is 0.0666. The lowest BCUT2D eigenvalue weighted by atomic mass is 9.80. The molecule has 1 amide bonds. The van der Waals surface area contributed by atoms with Crippen molar-refractivity contribution in [2.75, 3.05) is 7.11 Å². The van der Waals surface area contributed by atoms with Crippen LogP contribution in [0.1, 0.15) is 37.9 Å². The van der Waals surface area contributed by atoms with E-state index in [-0.39, 0.29) is 17.1 Å². The number of aromatic nitrogens is 1. The number of hydrogen-bond donors (Lipinski definition) is 1. The molecule has 1 aromatic heterocycles. The molecule has 6 aromatic rings. The van der Waals surface area contributed by atoms with Gasteiger partial charge in [0.1, 0.15) is 5.75 Å². The average Bonchev–Trinajstić information content (AvgIpc) is 3.51. The molecule has 0 spiro atoms. The highest BCUT2D eigenvalue weighted by atomic mass is 79.9. The second kappa shape index (κ2) is 12.7. The predicted molar refractivity (Wildman–Crippen MR) is 187 cm³/mol. The third-order valence-electron chi connectivity index (χ3n) is 8.41. The maximum Gasteiger partial charge on any atom is 0.274 e. The van der Waals surface area contributed by atoms with Crippen LogP contribution in [0, 0.1) is 5.92 Å². The van der Waals surface area contributed by atoms with Gasteiger partial charge in [0.25, 0.3) is 11.5 Å². The smallest absolute Gasteiger partial charge is 0.274 e. The Morgan fingerprint density at radius 3 is 2.02 bits per heavy atom. The van der Waals surface area contributed by atoms with Crippen molar-refractivity contribution in [1.82, 2.24) is 9.99 Å². The fourth-order valence-electron chi connectivity index (χ4n) is 6.22. The molecule has 0 saturated carbocycles. The first kappa shape index (κ1) is 30.1. The van der Waals surface area contributed by atoms with E-state index in [0.717, 1.165) is 15.4 Å². The molecule has 2 heterocycles. The average molecular weight is 683 g/mol. The third kappa shape index (κ3) is 5.57. The number of carbonyl (C=O) groups is 2. The number of fused-ring (bicyclic) bond motifs is 1. The van der Waals surface area contributed by atoms with Crippen LogP contribution in [0.2, 0.25) is 0 Å². The molecule has 5 aromatic carbocycles. The molecule has 0 bridgehead atoms. The van der Waals surface area contributed by atoms with Crippen LogP contribution in [0.5, 0.6) is 5.75 Å². The summed E-state index contributed by atoms with van der Waals surface area (Å²) in [6, 6.07) is 39.3. The molecule has 8 heteroatoms. The number of hydrazone groups is 1. The number of ketones is 1. The van der Waals surface area contributed by atoms with Gasteiger partial charge in [-0.05, 0) is 53.6 Å². The number of halogens is 1. The topological polar surface area (TPSA) is 91.8 Å². The molecule has 2 atom stereocenters. The zero-order valence-corrected chi connectivity index (χ0v) is 26.8. The first-order valence-corrected chi connectivity index (χ1v) is 15.9. The number of H-pyrrole nitrogens is 1. The fourth-order valence-corrected chi connectivity index (χ4v) is 6.58. The molecule has 0 saturated heterocycles. The van der Waals surface area contributed by atoms with Crippen LogP contribution in [0.3, 0.4) is 0 Å². The van der Waals surface area contributed by atoms with Crippen molar-refractivity contribution < 1.29 is 14.3 Å². The van der Waals surface area contributed by atoms with Crippen LogP contribution in [0.4, 0.5) is 0 Å². The number of aromatic amines is 1. The van der Waals surface area contributed by atoms with Gasteiger partial charge in [0.2, 0.25) is 0 Å². The molecule has 7 nitrogen and oxygen atoms in total. The van der Waals surface area contributed by atoms with Crippen LogP contribution < -0.4 is 10.3 Å². The minimum Gasteiger partial charge on any atom is -0.497 e. The molecule has 7 rings (SSSR count). The van der Waals surface area contributed by atoms with Crippen LogP contribution in [0.25, 0.3) is 22.0 Å². The highest BCUT2D eigenvalue weighted by Crippen LogP contribution is 2.43. The Balaban J connectivity index is 1.55. The Hall–Kier alpha value is -5.60. The summed E-state index contributed by atoms with van der Waals surface area (Å²) in [5.74, 6) is -1.05. The molecule has 0 aliphatic carbocycles. The molecule has 1 aliphatic heterocycles.